The molecule has 0 bridgehead atoms. The van der Waals surface area contributed by atoms with E-state index < -0.39 is 0 Å². The van der Waals surface area contributed by atoms with Gasteiger partial charge in [0, 0.05) is 49.8 Å². The SMILES string of the molecule is CN=C(N)/C(=C\C(=N)c1ccccc1O)c1ccc(N2CCC(=O)CC2)cc1. The topological polar surface area (TPSA) is 103 Å². The van der Waals surface area contributed by atoms with Gasteiger partial charge in [-0.25, -0.2) is 0 Å². The van der Waals surface area contributed by atoms with Gasteiger partial charge in [0.1, 0.15) is 17.4 Å². The number of para-hydroxylation sites is 1. The number of allylic oxidation sites excluding steroid dienone is 1. The van der Waals surface area contributed by atoms with E-state index in [-0.39, 0.29) is 11.5 Å². The lowest BCUT2D eigenvalue weighted by Gasteiger charge is -2.28. The lowest BCUT2D eigenvalue weighted by atomic mass is 9.99. The van der Waals surface area contributed by atoms with Gasteiger partial charge in [-0.1, -0.05) is 24.3 Å². The van der Waals surface area contributed by atoms with Crippen molar-refractivity contribution >= 4 is 28.6 Å². The van der Waals surface area contributed by atoms with E-state index in [0.717, 1.165) is 24.3 Å². The zero-order valence-electron chi connectivity index (χ0n) is 15.9. The van der Waals surface area contributed by atoms with E-state index in [1.807, 2.05) is 24.3 Å². The molecule has 2 aromatic rings. The number of amidine groups is 1. The molecule has 3 rings (SSSR count). The molecule has 0 radical (unpaired) electrons. The highest BCUT2D eigenvalue weighted by Crippen LogP contribution is 2.24. The Bertz CT molecular complexity index is 935. The number of aliphatic imine (C=N–C) groups is 1. The molecule has 0 aliphatic carbocycles. The minimum absolute atomic E-state index is 0.0464. The van der Waals surface area contributed by atoms with Crippen LogP contribution in [-0.2, 0) is 4.79 Å². The predicted molar refractivity (Wildman–Crippen MR) is 113 cm³/mol. The van der Waals surface area contributed by atoms with Gasteiger partial charge in [-0.2, -0.15) is 0 Å². The molecule has 6 heteroatoms. The molecule has 4 N–H and O–H groups in total. The van der Waals surface area contributed by atoms with Gasteiger partial charge < -0.3 is 21.1 Å². The van der Waals surface area contributed by atoms with Gasteiger partial charge in [0.25, 0.3) is 0 Å². The molecular formula is C22H24N4O2. The predicted octanol–water partition coefficient (Wildman–Crippen LogP) is 3.00. The van der Waals surface area contributed by atoms with E-state index in [2.05, 4.69) is 9.89 Å². The van der Waals surface area contributed by atoms with Gasteiger partial charge in [0.05, 0.1) is 5.71 Å². The number of nitrogens with two attached hydrogens (primary N) is 1. The average molecular weight is 376 g/mol. The van der Waals surface area contributed by atoms with Crippen molar-refractivity contribution in [2.75, 3.05) is 25.0 Å². The van der Waals surface area contributed by atoms with Gasteiger partial charge in [-0.15, -0.1) is 0 Å². The summed E-state index contributed by atoms with van der Waals surface area (Å²) in [7, 11) is 1.60. The van der Waals surface area contributed by atoms with E-state index in [0.29, 0.717) is 35.6 Å². The Balaban J connectivity index is 1.89. The van der Waals surface area contributed by atoms with Crippen LogP contribution >= 0.6 is 0 Å². The second kappa shape index (κ2) is 8.52. The van der Waals surface area contributed by atoms with Crippen LogP contribution < -0.4 is 10.6 Å². The first-order valence-corrected chi connectivity index (χ1v) is 9.18. The van der Waals surface area contributed by atoms with Crippen LogP contribution in [0.3, 0.4) is 0 Å². The molecule has 0 spiro atoms. The van der Waals surface area contributed by atoms with E-state index in [9.17, 15) is 9.90 Å². The minimum Gasteiger partial charge on any atom is -0.507 e. The number of phenolic OH excluding ortho intramolecular Hbond substituents is 1. The number of anilines is 1. The Morgan fingerprint density at radius 2 is 1.79 bits per heavy atom. The summed E-state index contributed by atoms with van der Waals surface area (Å²) in [6.07, 6.45) is 2.78. The molecule has 1 heterocycles. The van der Waals surface area contributed by atoms with Crippen molar-refractivity contribution in [3.8, 4) is 5.75 Å². The monoisotopic (exact) mass is 376 g/mol. The van der Waals surface area contributed by atoms with Crippen LogP contribution in [0.15, 0.2) is 59.6 Å². The average Bonchev–Trinajstić information content (AvgIpc) is 2.72. The Morgan fingerprint density at radius 1 is 1.14 bits per heavy atom. The van der Waals surface area contributed by atoms with E-state index in [4.69, 9.17) is 11.1 Å². The van der Waals surface area contributed by atoms with Gasteiger partial charge >= 0.3 is 0 Å². The van der Waals surface area contributed by atoms with Crippen molar-refractivity contribution in [2.24, 2.45) is 10.7 Å². The fourth-order valence-corrected chi connectivity index (χ4v) is 3.22. The molecular weight excluding hydrogens is 352 g/mol. The Kier molecular flexibility index (Phi) is 5.89. The summed E-state index contributed by atoms with van der Waals surface area (Å²) >= 11 is 0. The Morgan fingerprint density at radius 3 is 2.39 bits per heavy atom. The molecule has 28 heavy (non-hydrogen) atoms. The Labute approximate surface area is 164 Å². The summed E-state index contributed by atoms with van der Waals surface area (Å²) in [4.78, 5) is 17.7. The number of aromatic hydroxyl groups is 1. The first-order valence-electron chi connectivity index (χ1n) is 9.18. The standard InChI is InChI=1S/C22H24N4O2/c1-25-22(24)19(14-20(23)18-4-2-3-5-21(18)28)15-6-8-16(9-7-15)26-12-10-17(27)11-13-26/h2-9,14,23,28H,10-13H2,1H3,(H2,24,25)/b19-14-,23-20?. The fourth-order valence-electron chi connectivity index (χ4n) is 3.22. The second-order valence-corrected chi connectivity index (χ2v) is 6.67. The number of piperidine rings is 1. The summed E-state index contributed by atoms with van der Waals surface area (Å²) < 4.78 is 0. The van der Waals surface area contributed by atoms with E-state index >= 15 is 0 Å². The lowest BCUT2D eigenvalue weighted by Crippen LogP contribution is -2.33. The largest absolute Gasteiger partial charge is 0.507 e. The molecule has 1 saturated heterocycles. The number of carbonyl (C=O) groups excluding carboxylic acids is 1. The molecule has 144 valence electrons. The molecule has 0 unspecified atom stereocenters. The van der Waals surface area contributed by atoms with Crippen molar-refractivity contribution in [1.29, 1.82) is 5.41 Å². The van der Waals surface area contributed by atoms with Crippen LogP contribution in [0, 0.1) is 5.41 Å². The van der Waals surface area contributed by atoms with Gasteiger partial charge in [0.15, 0.2) is 0 Å². The zero-order valence-corrected chi connectivity index (χ0v) is 15.9. The second-order valence-electron chi connectivity index (χ2n) is 6.67. The highest BCUT2D eigenvalue weighted by atomic mass is 16.3. The number of nitrogens with one attached hydrogen (secondary N) is 1. The molecule has 1 aliphatic heterocycles. The minimum atomic E-state index is 0.0464. The normalized spacial score (nSPS) is 15.6. The van der Waals surface area contributed by atoms with Crippen LogP contribution in [0.1, 0.15) is 24.0 Å². The third kappa shape index (κ3) is 4.28. The number of nitrogens with zero attached hydrogens (tertiary/aromatic N) is 2. The highest BCUT2D eigenvalue weighted by Gasteiger charge is 2.17. The Hall–Kier alpha value is -3.41. The molecule has 0 atom stereocenters. The summed E-state index contributed by atoms with van der Waals surface area (Å²) in [5.41, 5.74) is 9.17. The third-order valence-electron chi connectivity index (χ3n) is 4.86. The molecule has 1 fully saturated rings. The first-order chi connectivity index (χ1) is 13.5. The van der Waals surface area contributed by atoms with Crippen molar-refractivity contribution in [2.45, 2.75) is 12.8 Å². The highest BCUT2D eigenvalue weighted by molar-refractivity contribution is 6.28. The van der Waals surface area contributed by atoms with Crippen molar-refractivity contribution < 1.29 is 9.90 Å². The van der Waals surface area contributed by atoms with E-state index in [1.165, 1.54) is 0 Å². The van der Waals surface area contributed by atoms with Crippen LogP contribution in [0.4, 0.5) is 5.69 Å². The smallest absolute Gasteiger partial charge is 0.136 e. The molecule has 2 aromatic carbocycles. The quantitative estimate of drug-likeness (QED) is 0.551. The van der Waals surface area contributed by atoms with Crippen LogP contribution in [0.25, 0.3) is 5.57 Å². The van der Waals surface area contributed by atoms with Crippen molar-refractivity contribution in [3.63, 3.8) is 0 Å². The molecule has 0 aromatic heterocycles. The molecule has 6 nitrogen and oxygen atoms in total. The maximum atomic E-state index is 11.4. The number of Topliss-reactive ketones (excluding diaryl/α,β-unsaturated/α-hetero) is 1. The third-order valence-corrected chi connectivity index (χ3v) is 4.86. The maximum absolute atomic E-state index is 11.4. The summed E-state index contributed by atoms with van der Waals surface area (Å²) in [6, 6.07) is 14.6. The van der Waals surface area contributed by atoms with Crippen molar-refractivity contribution in [3.05, 3.63) is 65.7 Å². The molecule has 1 aliphatic rings. The number of benzene rings is 2. The number of hydrogen-bond donors (Lipinski definition) is 3. The maximum Gasteiger partial charge on any atom is 0.136 e. The number of rotatable bonds is 5. The first kappa shape index (κ1) is 19.4. The van der Waals surface area contributed by atoms with Crippen LogP contribution in [-0.4, -0.2) is 42.6 Å². The summed E-state index contributed by atoms with van der Waals surface area (Å²) in [5, 5.41) is 18.4. The fraction of sp³-hybridized carbons (Fsp3) is 0.227. The summed E-state index contributed by atoms with van der Waals surface area (Å²) in [5.74, 6) is 0.675. The number of phenols is 1. The zero-order chi connectivity index (χ0) is 20.1. The number of hydrogen-bond acceptors (Lipinski definition) is 5. The lowest BCUT2D eigenvalue weighted by molar-refractivity contribution is -0.119. The van der Waals surface area contributed by atoms with Gasteiger partial charge in [-0.3, -0.25) is 9.79 Å². The molecule has 0 amide bonds. The summed E-state index contributed by atoms with van der Waals surface area (Å²) in [6.45, 7) is 1.47. The van der Waals surface area contributed by atoms with Crippen LogP contribution in [0.5, 0.6) is 5.75 Å². The number of ketones is 1. The van der Waals surface area contributed by atoms with Crippen molar-refractivity contribution in [1.82, 2.24) is 0 Å². The molecule has 0 saturated carbocycles. The van der Waals surface area contributed by atoms with Gasteiger partial charge in [0.2, 0.25) is 0 Å². The van der Waals surface area contributed by atoms with E-state index in [1.54, 1.807) is 37.4 Å². The number of carbonyl (C=O) groups is 1. The van der Waals surface area contributed by atoms with Gasteiger partial charge in [-0.05, 0) is 35.9 Å². The van der Waals surface area contributed by atoms with Crippen LogP contribution in [0.2, 0.25) is 0 Å².